The van der Waals surface area contributed by atoms with Crippen LogP contribution in [-0.2, 0) is 12.6 Å². The van der Waals surface area contributed by atoms with Gasteiger partial charge in [0.15, 0.2) is 0 Å². The molecule has 29 heavy (non-hydrogen) atoms. The minimum absolute atomic E-state index is 0.00110. The molecule has 0 fully saturated rings. The van der Waals surface area contributed by atoms with Gasteiger partial charge in [-0.15, -0.1) is 0 Å². The second kappa shape index (κ2) is 7.20. The molecule has 2 aromatic carbocycles. The first-order valence-corrected chi connectivity index (χ1v) is 9.01. The summed E-state index contributed by atoms with van der Waals surface area (Å²) in [5.41, 5.74) is 1.86. The van der Waals surface area contributed by atoms with Crippen LogP contribution < -0.4 is 10.2 Å². The molecule has 0 saturated carbocycles. The van der Waals surface area contributed by atoms with Crippen molar-refractivity contribution in [2.75, 3.05) is 10.2 Å². The molecule has 0 radical (unpaired) electrons. The number of fused-ring (bicyclic) bond motifs is 1. The van der Waals surface area contributed by atoms with Crippen molar-refractivity contribution in [2.45, 2.75) is 25.6 Å². The maximum absolute atomic E-state index is 13.1. The highest BCUT2D eigenvalue weighted by molar-refractivity contribution is 6.06. The van der Waals surface area contributed by atoms with Gasteiger partial charge < -0.3 is 10.2 Å². The van der Waals surface area contributed by atoms with E-state index in [2.05, 4.69) is 15.3 Å². The molecule has 0 saturated heterocycles. The van der Waals surface area contributed by atoms with Gasteiger partial charge in [0.2, 0.25) is 0 Å². The Morgan fingerprint density at radius 3 is 2.55 bits per heavy atom. The lowest BCUT2D eigenvalue weighted by Crippen LogP contribution is -2.36. The molecule has 1 amide bonds. The number of anilines is 3. The molecule has 3 aromatic rings. The van der Waals surface area contributed by atoms with Crippen LogP contribution in [0.15, 0.2) is 60.9 Å². The summed E-state index contributed by atoms with van der Waals surface area (Å²) in [6.45, 7) is 1.97. The third-order valence-corrected chi connectivity index (χ3v) is 4.80. The number of hydrogen-bond acceptors (Lipinski definition) is 4. The van der Waals surface area contributed by atoms with Crippen molar-refractivity contribution >= 4 is 23.1 Å². The lowest BCUT2D eigenvalue weighted by Gasteiger charge is -2.22. The second-order valence-corrected chi connectivity index (χ2v) is 6.85. The molecule has 1 aromatic heterocycles. The van der Waals surface area contributed by atoms with Crippen LogP contribution in [0.25, 0.3) is 0 Å². The summed E-state index contributed by atoms with van der Waals surface area (Å²) >= 11 is 0. The molecule has 1 atom stereocenters. The van der Waals surface area contributed by atoms with Crippen LogP contribution in [0, 0.1) is 0 Å². The van der Waals surface area contributed by atoms with E-state index in [-0.39, 0.29) is 17.6 Å². The Morgan fingerprint density at radius 2 is 1.83 bits per heavy atom. The Kier molecular flexibility index (Phi) is 4.70. The van der Waals surface area contributed by atoms with Crippen molar-refractivity contribution in [2.24, 2.45) is 0 Å². The smallest absolute Gasteiger partial charge is 0.340 e. The van der Waals surface area contributed by atoms with Crippen molar-refractivity contribution in [1.29, 1.82) is 0 Å². The van der Waals surface area contributed by atoms with Gasteiger partial charge in [-0.05, 0) is 49.2 Å². The Morgan fingerprint density at radius 1 is 1.10 bits per heavy atom. The first kappa shape index (κ1) is 18.9. The summed E-state index contributed by atoms with van der Waals surface area (Å²) in [5.74, 6) is 0.0727. The summed E-state index contributed by atoms with van der Waals surface area (Å²) in [4.78, 5) is 22.9. The number of halogens is 3. The first-order chi connectivity index (χ1) is 13.8. The number of carbonyl (C=O) groups excluding carboxylic acids is 1. The molecule has 8 heteroatoms. The van der Waals surface area contributed by atoms with Gasteiger partial charge in [-0.1, -0.05) is 18.2 Å². The molecule has 1 N–H and O–H groups in total. The fourth-order valence-corrected chi connectivity index (χ4v) is 3.43. The molecular formula is C21H17F3N4O. The Bertz CT molecular complexity index is 1050. The number of rotatable bonds is 3. The number of nitrogens with zero attached hydrogens (tertiary/aromatic N) is 3. The van der Waals surface area contributed by atoms with E-state index in [1.165, 1.54) is 24.5 Å². The summed E-state index contributed by atoms with van der Waals surface area (Å²) in [7, 11) is 0. The van der Waals surface area contributed by atoms with Crippen molar-refractivity contribution < 1.29 is 18.0 Å². The van der Waals surface area contributed by atoms with E-state index in [1.807, 2.05) is 31.2 Å². The average Bonchev–Trinajstić information content (AvgIpc) is 3.03. The molecule has 0 spiro atoms. The van der Waals surface area contributed by atoms with Gasteiger partial charge in [-0.25, -0.2) is 9.97 Å². The van der Waals surface area contributed by atoms with Gasteiger partial charge in [0, 0.05) is 23.5 Å². The highest BCUT2D eigenvalue weighted by atomic mass is 19.4. The van der Waals surface area contributed by atoms with Crippen molar-refractivity contribution in [3.63, 3.8) is 0 Å². The molecule has 1 unspecified atom stereocenters. The van der Waals surface area contributed by atoms with Gasteiger partial charge in [0.25, 0.3) is 5.91 Å². The third kappa shape index (κ3) is 3.78. The number of nitrogens with one attached hydrogen (secondary N) is 1. The summed E-state index contributed by atoms with van der Waals surface area (Å²) in [6, 6.07) is 13.8. The maximum atomic E-state index is 13.1. The van der Waals surface area contributed by atoms with Gasteiger partial charge in [0.05, 0.1) is 5.56 Å². The largest absolute Gasteiger partial charge is 0.416 e. The highest BCUT2D eigenvalue weighted by Gasteiger charge is 2.32. The third-order valence-electron chi connectivity index (χ3n) is 4.80. The maximum Gasteiger partial charge on any atom is 0.416 e. The minimum atomic E-state index is -4.39. The predicted octanol–water partition coefficient (Wildman–Crippen LogP) is 4.83. The fourth-order valence-electron chi connectivity index (χ4n) is 3.43. The quantitative estimate of drug-likeness (QED) is 0.687. The fraction of sp³-hybridized carbons (Fsp3) is 0.190. The van der Waals surface area contributed by atoms with Crippen molar-refractivity contribution in [3.8, 4) is 0 Å². The van der Waals surface area contributed by atoms with Crippen LogP contribution in [-0.4, -0.2) is 21.9 Å². The molecule has 2 heterocycles. The van der Waals surface area contributed by atoms with Gasteiger partial charge in [-0.2, -0.15) is 13.2 Å². The summed E-state index contributed by atoms with van der Waals surface area (Å²) < 4.78 is 38.1. The van der Waals surface area contributed by atoms with E-state index in [0.717, 1.165) is 29.8 Å². The van der Waals surface area contributed by atoms with E-state index in [4.69, 9.17) is 0 Å². The lowest BCUT2D eigenvalue weighted by atomic mass is 10.1. The number of amides is 1. The molecule has 0 bridgehead atoms. The molecule has 1 aliphatic heterocycles. The number of benzene rings is 2. The summed E-state index contributed by atoms with van der Waals surface area (Å²) in [6.07, 6.45) is -2.37. The lowest BCUT2D eigenvalue weighted by molar-refractivity contribution is -0.137. The molecule has 1 aliphatic rings. The number of hydrogen-bond donors (Lipinski definition) is 1. The van der Waals surface area contributed by atoms with E-state index < -0.39 is 11.7 Å². The minimum Gasteiger partial charge on any atom is -0.340 e. The number of alkyl halides is 3. The van der Waals surface area contributed by atoms with Crippen LogP contribution in [0.4, 0.5) is 30.4 Å². The average molecular weight is 398 g/mol. The zero-order chi connectivity index (χ0) is 20.6. The Labute approximate surface area is 165 Å². The van der Waals surface area contributed by atoms with Crippen LogP contribution in [0.2, 0.25) is 0 Å². The van der Waals surface area contributed by atoms with Crippen LogP contribution in [0.5, 0.6) is 0 Å². The standard InChI is InChI=1S/C21H17F3N4O/c1-13-10-14-4-2-3-5-18(14)28(13)20(29)17-11-19(26-12-25-17)27-16-8-6-15(7-9-16)21(22,23)24/h2-9,11-13H,10H2,1H3,(H,25,26,27). The molecule has 148 valence electrons. The van der Waals surface area contributed by atoms with Crippen molar-refractivity contribution in [3.05, 3.63) is 77.7 Å². The monoisotopic (exact) mass is 398 g/mol. The molecule has 4 rings (SSSR count). The van der Waals surface area contributed by atoms with Gasteiger partial charge >= 0.3 is 6.18 Å². The van der Waals surface area contributed by atoms with E-state index >= 15 is 0 Å². The van der Waals surface area contributed by atoms with Gasteiger partial charge in [-0.3, -0.25) is 4.79 Å². The van der Waals surface area contributed by atoms with Gasteiger partial charge in [0.1, 0.15) is 17.8 Å². The first-order valence-electron chi connectivity index (χ1n) is 9.01. The second-order valence-electron chi connectivity index (χ2n) is 6.85. The number of para-hydroxylation sites is 1. The van der Waals surface area contributed by atoms with E-state index in [1.54, 1.807) is 4.90 Å². The number of carbonyl (C=O) groups is 1. The van der Waals surface area contributed by atoms with Crippen LogP contribution in [0.3, 0.4) is 0 Å². The molecular weight excluding hydrogens is 381 g/mol. The highest BCUT2D eigenvalue weighted by Crippen LogP contribution is 2.33. The van der Waals surface area contributed by atoms with Crippen LogP contribution >= 0.6 is 0 Å². The van der Waals surface area contributed by atoms with Crippen LogP contribution in [0.1, 0.15) is 28.5 Å². The SMILES string of the molecule is CC1Cc2ccccc2N1C(=O)c1cc(Nc2ccc(C(F)(F)F)cc2)ncn1. The predicted molar refractivity (Wildman–Crippen MR) is 103 cm³/mol. The molecule has 0 aliphatic carbocycles. The summed E-state index contributed by atoms with van der Waals surface area (Å²) in [5, 5.41) is 2.91. The Balaban J connectivity index is 1.55. The number of aromatic nitrogens is 2. The topological polar surface area (TPSA) is 58.1 Å². The van der Waals surface area contributed by atoms with Crippen molar-refractivity contribution in [1.82, 2.24) is 9.97 Å². The zero-order valence-corrected chi connectivity index (χ0v) is 15.4. The normalized spacial score (nSPS) is 15.9. The van der Waals surface area contributed by atoms with E-state index in [9.17, 15) is 18.0 Å². The molecule has 5 nitrogen and oxygen atoms in total. The Hall–Kier alpha value is -3.42. The van der Waals surface area contributed by atoms with E-state index in [0.29, 0.717) is 11.5 Å². The zero-order valence-electron chi connectivity index (χ0n) is 15.4.